The molecule has 1 rings (SSSR count). The van der Waals surface area contributed by atoms with Crippen LogP contribution in [0.3, 0.4) is 0 Å². The summed E-state index contributed by atoms with van der Waals surface area (Å²) in [7, 11) is 0. The molecule has 1 N–H and O–H groups in total. The lowest BCUT2D eigenvalue weighted by molar-refractivity contribution is -0.118. The van der Waals surface area contributed by atoms with Gasteiger partial charge in [-0.15, -0.1) is 0 Å². The van der Waals surface area contributed by atoms with E-state index >= 15 is 0 Å². The van der Waals surface area contributed by atoms with Crippen molar-refractivity contribution in [3.63, 3.8) is 0 Å². The zero-order valence-electron chi connectivity index (χ0n) is 23.4. The summed E-state index contributed by atoms with van der Waals surface area (Å²) in [5.41, 5.74) is 8.19. The molecule has 1 unspecified atom stereocenters. The standard InChI is InChI=1S/C33H48O2/c1-25(14-9-10-15-26(2)18-12-19-29(5)32(35)24-30(6)34)16-11-17-27(3)21-22-31-28(4)20-13-23-33(31,7)8/h9-12,14-19,32,35H,13,20-24H2,1-8H3/b10-9+,16-11+,18-12+,25-14+,26-15+,27-17+,29-19+. The van der Waals surface area contributed by atoms with E-state index < -0.39 is 6.10 Å². The van der Waals surface area contributed by atoms with Gasteiger partial charge in [-0.1, -0.05) is 102 Å². The van der Waals surface area contributed by atoms with E-state index in [-0.39, 0.29) is 12.2 Å². The van der Waals surface area contributed by atoms with Crippen LogP contribution in [-0.2, 0) is 4.79 Å². The quantitative estimate of drug-likeness (QED) is 0.225. The van der Waals surface area contributed by atoms with Gasteiger partial charge in [0.2, 0.25) is 0 Å². The Hall–Kier alpha value is -2.45. The van der Waals surface area contributed by atoms with Crippen molar-refractivity contribution in [3.8, 4) is 0 Å². The van der Waals surface area contributed by atoms with Gasteiger partial charge in [0.05, 0.1) is 6.10 Å². The summed E-state index contributed by atoms with van der Waals surface area (Å²) in [4.78, 5) is 11.1. The van der Waals surface area contributed by atoms with Crippen LogP contribution in [0.2, 0.25) is 0 Å². The molecule has 2 nitrogen and oxygen atoms in total. The van der Waals surface area contributed by atoms with Gasteiger partial charge in [0, 0.05) is 6.42 Å². The Kier molecular flexibility index (Phi) is 13.6. The number of hydrogen-bond donors (Lipinski definition) is 1. The minimum atomic E-state index is -0.702. The van der Waals surface area contributed by atoms with E-state index in [9.17, 15) is 9.90 Å². The topological polar surface area (TPSA) is 37.3 Å². The fourth-order valence-corrected chi connectivity index (χ4v) is 4.42. The summed E-state index contributed by atoms with van der Waals surface area (Å²) in [6.07, 6.45) is 26.2. The van der Waals surface area contributed by atoms with Gasteiger partial charge < -0.3 is 5.11 Å². The number of aliphatic hydroxyl groups excluding tert-OH is 1. The third kappa shape index (κ3) is 12.7. The first-order valence-corrected chi connectivity index (χ1v) is 13.0. The van der Waals surface area contributed by atoms with Crippen molar-refractivity contribution in [1.29, 1.82) is 0 Å². The summed E-state index contributed by atoms with van der Waals surface area (Å²) >= 11 is 0. The van der Waals surface area contributed by atoms with Gasteiger partial charge in [-0.05, 0) is 84.6 Å². The minimum Gasteiger partial charge on any atom is -0.388 e. The zero-order valence-corrected chi connectivity index (χ0v) is 23.4. The fourth-order valence-electron chi connectivity index (χ4n) is 4.42. The van der Waals surface area contributed by atoms with Crippen LogP contribution in [0.25, 0.3) is 0 Å². The molecule has 0 aliphatic heterocycles. The Morgan fingerprint density at radius 2 is 1.49 bits per heavy atom. The highest BCUT2D eigenvalue weighted by molar-refractivity contribution is 5.76. The highest BCUT2D eigenvalue weighted by Crippen LogP contribution is 2.42. The Balaban J connectivity index is 2.56. The van der Waals surface area contributed by atoms with Crippen LogP contribution in [0, 0.1) is 5.41 Å². The minimum absolute atomic E-state index is 0.00785. The van der Waals surface area contributed by atoms with E-state index in [1.165, 1.54) is 43.8 Å². The second-order valence-corrected chi connectivity index (χ2v) is 10.8. The van der Waals surface area contributed by atoms with E-state index in [4.69, 9.17) is 0 Å². The number of aliphatic hydroxyl groups is 1. The molecule has 0 fully saturated rings. The van der Waals surface area contributed by atoms with E-state index in [1.54, 1.807) is 11.1 Å². The maximum atomic E-state index is 11.1. The third-order valence-corrected chi connectivity index (χ3v) is 6.75. The highest BCUT2D eigenvalue weighted by atomic mass is 16.3. The number of allylic oxidation sites excluding steroid dienone is 15. The molecule has 0 aromatic carbocycles. The molecule has 1 aliphatic rings. The Morgan fingerprint density at radius 3 is 2.03 bits per heavy atom. The molecule has 2 heteroatoms. The maximum Gasteiger partial charge on any atom is 0.132 e. The van der Waals surface area contributed by atoms with E-state index in [2.05, 4.69) is 58.9 Å². The molecule has 35 heavy (non-hydrogen) atoms. The molecule has 0 amide bonds. The smallest absolute Gasteiger partial charge is 0.132 e. The Morgan fingerprint density at radius 1 is 0.914 bits per heavy atom. The number of Topliss-reactive ketones (excluding diaryl/α,β-unsaturated/α-hetero) is 1. The molecule has 0 spiro atoms. The normalized spacial score (nSPS) is 19.5. The molecular formula is C33H48O2. The number of hydrogen-bond acceptors (Lipinski definition) is 2. The lowest BCUT2D eigenvalue weighted by Gasteiger charge is -2.34. The largest absolute Gasteiger partial charge is 0.388 e. The lowest BCUT2D eigenvalue weighted by Crippen LogP contribution is -2.20. The lowest BCUT2D eigenvalue weighted by atomic mass is 9.71. The predicted molar refractivity (Wildman–Crippen MR) is 153 cm³/mol. The molecular weight excluding hydrogens is 428 g/mol. The highest BCUT2D eigenvalue weighted by Gasteiger charge is 2.27. The van der Waals surface area contributed by atoms with E-state index in [1.807, 2.05) is 50.3 Å². The molecule has 0 heterocycles. The van der Waals surface area contributed by atoms with Gasteiger partial charge in [0.15, 0.2) is 0 Å². The number of rotatable bonds is 12. The van der Waals surface area contributed by atoms with Gasteiger partial charge in [-0.2, -0.15) is 0 Å². The van der Waals surface area contributed by atoms with Gasteiger partial charge in [-0.3, -0.25) is 4.79 Å². The van der Waals surface area contributed by atoms with Gasteiger partial charge >= 0.3 is 0 Å². The number of carbonyl (C=O) groups is 1. The van der Waals surface area contributed by atoms with Crippen LogP contribution in [0.5, 0.6) is 0 Å². The second kappa shape index (κ2) is 15.5. The Labute approximate surface area is 215 Å². The first-order valence-electron chi connectivity index (χ1n) is 13.0. The van der Waals surface area contributed by atoms with Crippen LogP contribution < -0.4 is 0 Å². The van der Waals surface area contributed by atoms with Crippen molar-refractivity contribution in [3.05, 3.63) is 94.2 Å². The second-order valence-electron chi connectivity index (χ2n) is 10.8. The molecule has 0 aromatic rings. The first-order chi connectivity index (χ1) is 16.4. The van der Waals surface area contributed by atoms with Gasteiger partial charge in [0.25, 0.3) is 0 Å². The first kappa shape index (κ1) is 30.6. The maximum absolute atomic E-state index is 11.1. The number of carbonyl (C=O) groups excluding carboxylic acids is 1. The molecule has 0 saturated heterocycles. The average molecular weight is 477 g/mol. The van der Waals surface area contributed by atoms with Crippen LogP contribution >= 0.6 is 0 Å². The number of ketones is 1. The van der Waals surface area contributed by atoms with Gasteiger partial charge in [0.1, 0.15) is 5.78 Å². The molecule has 1 aliphatic carbocycles. The van der Waals surface area contributed by atoms with Crippen LogP contribution in [-0.4, -0.2) is 17.0 Å². The van der Waals surface area contributed by atoms with E-state index in [0.29, 0.717) is 5.41 Å². The van der Waals surface area contributed by atoms with Crippen molar-refractivity contribution in [1.82, 2.24) is 0 Å². The molecule has 0 aromatic heterocycles. The van der Waals surface area contributed by atoms with Gasteiger partial charge in [-0.25, -0.2) is 0 Å². The summed E-state index contributed by atoms with van der Waals surface area (Å²) in [6, 6.07) is 0. The predicted octanol–water partition coefficient (Wildman–Crippen LogP) is 9.09. The third-order valence-electron chi connectivity index (χ3n) is 6.75. The fraction of sp³-hybridized carbons (Fsp3) is 0.485. The van der Waals surface area contributed by atoms with Crippen LogP contribution in [0.1, 0.15) is 93.9 Å². The average Bonchev–Trinajstić information content (AvgIpc) is 2.75. The Bertz CT molecular complexity index is 955. The SMILES string of the molecule is CC(=O)CC(O)/C(C)=C/C=C/C(C)=C/C=C/C=C(C)/C=C/C=C(\C)CCC1=C(C)CCCC1(C)C. The molecule has 192 valence electrons. The summed E-state index contributed by atoms with van der Waals surface area (Å²) in [6.45, 7) is 16.8. The van der Waals surface area contributed by atoms with Crippen molar-refractivity contribution in [2.45, 2.75) is 100 Å². The summed E-state index contributed by atoms with van der Waals surface area (Å²) in [5, 5.41) is 9.91. The van der Waals surface area contributed by atoms with Crippen LogP contribution in [0.4, 0.5) is 0 Å². The van der Waals surface area contributed by atoms with Crippen molar-refractivity contribution >= 4 is 5.78 Å². The monoisotopic (exact) mass is 476 g/mol. The molecule has 0 bridgehead atoms. The van der Waals surface area contributed by atoms with Crippen LogP contribution in [0.15, 0.2) is 94.2 Å². The van der Waals surface area contributed by atoms with Crippen molar-refractivity contribution in [2.75, 3.05) is 0 Å². The summed E-state index contributed by atoms with van der Waals surface area (Å²) in [5.74, 6) is -0.00785. The van der Waals surface area contributed by atoms with Crippen molar-refractivity contribution < 1.29 is 9.90 Å². The van der Waals surface area contributed by atoms with Crippen molar-refractivity contribution in [2.24, 2.45) is 5.41 Å². The van der Waals surface area contributed by atoms with E-state index in [0.717, 1.165) is 17.6 Å². The zero-order chi connectivity index (χ0) is 26.4. The molecule has 0 radical (unpaired) electrons. The molecule has 0 saturated carbocycles. The molecule has 1 atom stereocenters. The summed E-state index contributed by atoms with van der Waals surface area (Å²) < 4.78 is 0.